The predicted octanol–water partition coefficient (Wildman–Crippen LogP) is 4.89. The second kappa shape index (κ2) is 10.5. The summed E-state index contributed by atoms with van der Waals surface area (Å²) in [5.74, 6) is 0.405. The predicted molar refractivity (Wildman–Crippen MR) is 137 cm³/mol. The molecule has 1 aromatic heterocycles. The number of anilines is 1. The van der Waals surface area contributed by atoms with E-state index in [2.05, 4.69) is 10.3 Å². The van der Waals surface area contributed by atoms with Gasteiger partial charge in [-0.05, 0) is 62.4 Å². The van der Waals surface area contributed by atoms with Crippen LogP contribution < -0.4 is 10.1 Å². The number of nitrogens with one attached hydrogen (secondary N) is 1. The SMILES string of the molecule is COc1ccc(-c2nc(NC(=O)C3CCN(S(=O)(=O)c4ccccc4SC)CC3)sc2C)cc1. The molecule has 2 aromatic carbocycles. The Hall–Kier alpha value is -2.40. The van der Waals surface area contributed by atoms with Crippen LogP contribution in [0.1, 0.15) is 17.7 Å². The first kappa shape index (κ1) is 24.7. The van der Waals surface area contributed by atoms with Crippen molar-refractivity contribution in [3.63, 3.8) is 0 Å². The van der Waals surface area contributed by atoms with Crippen molar-refractivity contribution in [2.45, 2.75) is 29.6 Å². The van der Waals surface area contributed by atoms with E-state index in [0.717, 1.165) is 26.8 Å². The molecule has 4 rings (SSSR count). The summed E-state index contributed by atoms with van der Waals surface area (Å²) in [5, 5.41) is 3.49. The molecular formula is C24H27N3O4S3. The van der Waals surface area contributed by atoms with Crippen LogP contribution in [0.25, 0.3) is 11.3 Å². The zero-order valence-corrected chi connectivity index (χ0v) is 21.7. The monoisotopic (exact) mass is 517 g/mol. The van der Waals surface area contributed by atoms with Gasteiger partial charge in [0.1, 0.15) is 5.75 Å². The van der Waals surface area contributed by atoms with Crippen LogP contribution in [0.15, 0.2) is 58.3 Å². The largest absolute Gasteiger partial charge is 0.497 e. The van der Waals surface area contributed by atoms with E-state index in [-0.39, 0.29) is 11.8 Å². The van der Waals surface area contributed by atoms with Crippen molar-refractivity contribution < 1.29 is 17.9 Å². The lowest BCUT2D eigenvalue weighted by Gasteiger charge is -2.30. The smallest absolute Gasteiger partial charge is 0.244 e. The van der Waals surface area contributed by atoms with Crippen LogP contribution in [-0.2, 0) is 14.8 Å². The lowest BCUT2D eigenvalue weighted by molar-refractivity contribution is -0.120. The van der Waals surface area contributed by atoms with E-state index < -0.39 is 10.0 Å². The van der Waals surface area contributed by atoms with Crippen LogP contribution in [0.5, 0.6) is 5.75 Å². The zero-order valence-electron chi connectivity index (χ0n) is 19.3. The Labute approximate surface area is 208 Å². The number of aromatic nitrogens is 1. The molecule has 2 heterocycles. The molecular weight excluding hydrogens is 490 g/mol. The van der Waals surface area contributed by atoms with Gasteiger partial charge in [-0.2, -0.15) is 4.31 Å². The number of hydrogen-bond acceptors (Lipinski definition) is 7. The standard InChI is InChI=1S/C24H27N3O4S3/c1-16-22(17-8-10-19(31-2)11-9-17)25-24(33-16)26-23(28)18-12-14-27(15-13-18)34(29,30)21-7-5-4-6-20(21)32-3/h4-11,18H,12-15H2,1-3H3,(H,25,26,28). The van der Waals surface area contributed by atoms with Crippen LogP contribution in [0, 0.1) is 12.8 Å². The molecule has 0 saturated carbocycles. The second-order valence-corrected chi connectivity index (χ2v) is 11.9. The van der Waals surface area contributed by atoms with Crippen molar-refractivity contribution in [3.8, 4) is 17.0 Å². The average molecular weight is 518 g/mol. The van der Waals surface area contributed by atoms with E-state index in [4.69, 9.17) is 4.74 Å². The van der Waals surface area contributed by atoms with Crippen LogP contribution in [0.3, 0.4) is 0 Å². The van der Waals surface area contributed by atoms with Gasteiger partial charge in [-0.1, -0.05) is 12.1 Å². The van der Waals surface area contributed by atoms with Gasteiger partial charge < -0.3 is 10.1 Å². The van der Waals surface area contributed by atoms with Gasteiger partial charge >= 0.3 is 0 Å². The first-order valence-electron chi connectivity index (χ1n) is 10.9. The molecule has 1 aliphatic rings. The third kappa shape index (κ3) is 5.14. The molecule has 180 valence electrons. The minimum absolute atomic E-state index is 0.114. The molecule has 1 aliphatic heterocycles. The minimum Gasteiger partial charge on any atom is -0.497 e. The molecule has 1 saturated heterocycles. The molecule has 0 unspecified atom stereocenters. The summed E-state index contributed by atoms with van der Waals surface area (Å²) in [6.45, 7) is 2.61. The minimum atomic E-state index is -3.59. The summed E-state index contributed by atoms with van der Waals surface area (Å²) in [6.07, 6.45) is 2.82. The Balaban J connectivity index is 1.39. The Bertz CT molecular complexity index is 1260. The van der Waals surface area contributed by atoms with Crippen molar-refractivity contribution >= 4 is 44.2 Å². The molecule has 0 radical (unpaired) electrons. The van der Waals surface area contributed by atoms with Gasteiger partial charge in [-0.3, -0.25) is 4.79 Å². The second-order valence-electron chi connectivity index (χ2n) is 7.97. The third-order valence-corrected chi connectivity index (χ3v) is 9.67. The number of thioether (sulfide) groups is 1. The molecule has 1 N–H and O–H groups in total. The quantitative estimate of drug-likeness (QED) is 0.449. The molecule has 0 aliphatic carbocycles. The van der Waals surface area contributed by atoms with Crippen molar-refractivity contribution in [1.29, 1.82) is 0 Å². The molecule has 3 aromatic rings. The van der Waals surface area contributed by atoms with Crippen LogP contribution >= 0.6 is 23.1 Å². The summed E-state index contributed by atoms with van der Waals surface area (Å²) in [5.41, 5.74) is 1.79. The summed E-state index contributed by atoms with van der Waals surface area (Å²) in [4.78, 5) is 19.6. The number of amides is 1. The molecule has 34 heavy (non-hydrogen) atoms. The number of thiazole rings is 1. The fourth-order valence-corrected chi connectivity index (χ4v) is 7.43. The molecule has 1 amide bonds. The fraction of sp³-hybridized carbons (Fsp3) is 0.333. The van der Waals surface area contributed by atoms with E-state index in [1.807, 2.05) is 49.6 Å². The Morgan fingerprint density at radius 1 is 1.15 bits per heavy atom. The lowest BCUT2D eigenvalue weighted by atomic mass is 9.97. The summed E-state index contributed by atoms with van der Waals surface area (Å²) < 4.78 is 33.0. The molecule has 7 nitrogen and oxygen atoms in total. The highest BCUT2D eigenvalue weighted by molar-refractivity contribution is 7.99. The first-order chi connectivity index (χ1) is 16.3. The van der Waals surface area contributed by atoms with Gasteiger partial charge in [0.25, 0.3) is 0 Å². The van der Waals surface area contributed by atoms with Gasteiger partial charge in [0.15, 0.2) is 5.13 Å². The van der Waals surface area contributed by atoms with Gasteiger partial charge in [0, 0.05) is 34.3 Å². The topological polar surface area (TPSA) is 88.6 Å². The number of hydrogen-bond donors (Lipinski definition) is 1. The van der Waals surface area contributed by atoms with E-state index in [1.165, 1.54) is 27.4 Å². The van der Waals surface area contributed by atoms with E-state index in [1.54, 1.807) is 19.2 Å². The van der Waals surface area contributed by atoms with Crippen molar-refractivity contribution in [3.05, 3.63) is 53.4 Å². The number of aryl methyl sites for hydroxylation is 1. The number of nitrogens with zero attached hydrogens (tertiary/aromatic N) is 2. The molecule has 10 heteroatoms. The number of benzene rings is 2. The number of carbonyl (C=O) groups excluding carboxylic acids is 1. The van der Waals surface area contributed by atoms with Gasteiger partial charge in [-0.25, -0.2) is 13.4 Å². The molecule has 0 atom stereocenters. The van der Waals surface area contributed by atoms with Crippen molar-refractivity contribution in [1.82, 2.24) is 9.29 Å². The Morgan fingerprint density at radius 3 is 2.47 bits per heavy atom. The normalized spacial score (nSPS) is 15.3. The number of sulfonamides is 1. The molecule has 0 spiro atoms. The zero-order chi connectivity index (χ0) is 24.3. The molecule has 1 fully saturated rings. The van der Waals surface area contributed by atoms with Crippen LogP contribution in [0.2, 0.25) is 0 Å². The highest BCUT2D eigenvalue weighted by Crippen LogP contribution is 2.33. The van der Waals surface area contributed by atoms with Gasteiger partial charge in [0.05, 0.1) is 17.7 Å². The molecule has 0 bridgehead atoms. The highest BCUT2D eigenvalue weighted by Gasteiger charge is 2.33. The van der Waals surface area contributed by atoms with E-state index in [9.17, 15) is 13.2 Å². The number of piperidine rings is 1. The van der Waals surface area contributed by atoms with Gasteiger partial charge in [0.2, 0.25) is 15.9 Å². The highest BCUT2D eigenvalue weighted by atomic mass is 32.2. The number of carbonyl (C=O) groups is 1. The lowest BCUT2D eigenvalue weighted by Crippen LogP contribution is -2.41. The van der Waals surface area contributed by atoms with Crippen molar-refractivity contribution in [2.24, 2.45) is 5.92 Å². The van der Waals surface area contributed by atoms with E-state index in [0.29, 0.717) is 36.0 Å². The number of methoxy groups -OCH3 is 1. The summed E-state index contributed by atoms with van der Waals surface area (Å²) in [7, 11) is -1.96. The van der Waals surface area contributed by atoms with Crippen LogP contribution in [-0.4, -0.2) is 50.1 Å². The number of rotatable bonds is 7. The maximum Gasteiger partial charge on any atom is 0.244 e. The number of ether oxygens (including phenoxy) is 1. The van der Waals surface area contributed by atoms with Crippen LogP contribution in [0.4, 0.5) is 5.13 Å². The summed E-state index contributed by atoms with van der Waals surface area (Å²) in [6, 6.07) is 14.7. The Morgan fingerprint density at radius 2 is 1.82 bits per heavy atom. The van der Waals surface area contributed by atoms with Crippen molar-refractivity contribution in [2.75, 3.05) is 31.8 Å². The maximum atomic E-state index is 13.1. The van der Waals surface area contributed by atoms with Gasteiger partial charge in [-0.15, -0.1) is 23.1 Å². The first-order valence-corrected chi connectivity index (χ1v) is 14.4. The van der Waals surface area contributed by atoms with E-state index >= 15 is 0 Å². The fourth-order valence-electron chi connectivity index (χ4n) is 4.00. The average Bonchev–Trinajstić information content (AvgIpc) is 3.23. The third-order valence-electron chi connectivity index (χ3n) is 5.90. The summed E-state index contributed by atoms with van der Waals surface area (Å²) >= 11 is 2.85. The maximum absolute atomic E-state index is 13.1. The Kier molecular flexibility index (Phi) is 7.61.